The molecular weight excluding hydrogens is 246 g/mol. The van der Waals surface area contributed by atoms with E-state index in [0.717, 1.165) is 17.1 Å². The number of halogens is 1. The fraction of sp³-hybridized carbons (Fsp3) is 0.200. The summed E-state index contributed by atoms with van der Waals surface area (Å²) in [4.78, 5) is 0. The number of hydrogen-bond donors (Lipinski definition) is 1. The van der Waals surface area contributed by atoms with E-state index < -0.39 is 0 Å². The highest BCUT2D eigenvalue weighted by molar-refractivity contribution is 9.10. The first kappa shape index (κ1) is 9.55. The molecule has 0 aliphatic carbocycles. The van der Waals surface area contributed by atoms with E-state index in [2.05, 4.69) is 15.9 Å². The Kier molecular flexibility index (Phi) is 2.48. The summed E-state index contributed by atoms with van der Waals surface area (Å²) >= 11 is 3.28. The Morgan fingerprint density at radius 3 is 2.64 bits per heavy atom. The minimum atomic E-state index is -0.281. The van der Waals surface area contributed by atoms with Crippen molar-refractivity contribution < 1.29 is 8.83 Å². The number of furan rings is 2. The SMILES string of the molecule is Cc1ccc(C(N)c2ccoc2Br)o1. The van der Waals surface area contributed by atoms with Gasteiger partial charge in [0.1, 0.15) is 11.5 Å². The summed E-state index contributed by atoms with van der Waals surface area (Å²) in [5.74, 6) is 1.60. The van der Waals surface area contributed by atoms with Crippen molar-refractivity contribution in [3.8, 4) is 0 Å². The van der Waals surface area contributed by atoms with E-state index >= 15 is 0 Å². The fourth-order valence-electron chi connectivity index (χ4n) is 1.30. The standard InChI is InChI=1S/C10H10BrNO2/c1-6-2-3-8(14-6)9(12)7-4-5-13-10(7)11/h2-5,9H,12H2,1H3. The average Bonchev–Trinajstić information content (AvgIpc) is 2.73. The van der Waals surface area contributed by atoms with Crippen LogP contribution in [-0.2, 0) is 0 Å². The van der Waals surface area contributed by atoms with Gasteiger partial charge in [0.25, 0.3) is 0 Å². The van der Waals surface area contributed by atoms with E-state index in [1.54, 1.807) is 6.26 Å². The molecule has 2 aromatic heterocycles. The van der Waals surface area contributed by atoms with Crippen LogP contribution in [0.3, 0.4) is 0 Å². The van der Waals surface area contributed by atoms with E-state index in [9.17, 15) is 0 Å². The topological polar surface area (TPSA) is 52.3 Å². The summed E-state index contributed by atoms with van der Waals surface area (Å²) in [6.45, 7) is 1.89. The van der Waals surface area contributed by atoms with E-state index in [4.69, 9.17) is 14.6 Å². The molecule has 0 aliphatic heterocycles. The molecule has 14 heavy (non-hydrogen) atoms. The predicted molar refractivity (Wildman–Crippen MR) is 55.9 cm³/mol. The monoisotopic (exact) mass is 255 g/mol. The van der Waals surface area contributed by atoms with Gasteiger partial charge in [0, 0.05) is 5.56 Å². The molecule has 74 valence electrons. The van der Waals surface area contributed by atoms with E-state index in [-0.39, 0.29) is 6.04 Å². The van der Waals surface area contributed by atoms with Gasteiger partial charge in [-0.2, -0.15) is 0 Å². The summed E-state index contributed by atoms with van der Waals surface area (Å²) in [6.07, 6.45) is 1.59. The van der Waals surface area contributed by atoms with Crippen LogP contribution >= 0.6 is 15.9 Å². The molecular formula is C10H10BrNO2. The molecule has 3 nitrogen and oxygen atoms in total. The van der Waals surface area contributed by atoms with Crippen molar-refractivity contribution in [1.82, 2.24) is 0 Å². The van der Waals surface area contributed by atoms with Crippen LogP contribution in [-0.4, -0.2) is 0 Å². The lowest BCUT2D eigenvalue weighted by atomic mass is 10.1. The highest BCUT2D eigenvalue weighted by Crippen LogP contribution is 2.28. The van der Waals surface area contributed by atoms with Gasteiger partial charge < -0.3 is 14.6 Å². The lowest BCUT2D eigenvalue weighted by Crippen LogP contribution is -2.10. The normalized spacial score (nSPS) is 13.1. The van der Waals surface area contributed by atoms with Gasteiger partial charge in [0.2, 0.25) is 0 Å². The smallest absolute Gasteiger partial charge is 0.174 e. The number of nitrogens with two attached hydrogens (primary N) is 1. The number of rotatable bonds is 2. The molecule has 2 rings (SSSR count). The lowest BCUT2D eigenvalue weighted by molar-refractivity contribution is 0.461. The Balaban J connectivity index is 2.33. The largest absolute Gasteiger partial charge is 0.464 e. The van der Waals surface area contributed by atoms with Crippen LogP contribution in [0.1, 0.15) is 23.1 Å². The Bertz CT molecular complexity index is 433. The molecule has 2 aromatic rings. The summed E-state index contributed by atoms with van der Waals surface area (Å²) in [5.41, 5.74) is 6.88. The van der Waals surface area contributed by atoms with E-state index in [0.29, 0.717) is 4.67 Å². The molecule has 0 aliphatic rings. The molecule has 0 fully saturated rings. The van der Waals surface area contributed by atoms with E-state index in [1.165, 1.54) is 0 Å². The molecule has 1 atom stereocenters. The van der Waals surface area contributed by atoms with Gasteiger partial charge in [0.15, 0.2) is 4.67 Å². The first-order valence-corrected chi connectivity index (χ1v) is 5.02. The van der Waals surface area contributed by atoms with Crippen LogP contribution in [0.4, 0.5) is 0 Å². The van der Waals surface area contributed by atoms with Gasteiger partial charge in [-0.05, 0) is 41.1 Å². The molecule has 2 N–H and O–H groups in total. The van der Waals surface area contributed by atoms with Gasteiger partial charge in [-0.25, -0.2) is 0 Å². The van der Waals surface area contributed by atoms with Crippen LogP contribution in [0.2, 0.25) is 0 Å². The van der Waals surface area contributed by atoms with E-state index in [1.807, 2.05) is 25.1 Å². The second kappa shape index (κ2) is 3.63. The van der Waals surface area contributed by atoms with Crippen LogP contribution in [0.5, 0.6) is 0 Å². The first-order valence-electron chi connectivity index (χ1n) is 4.23. The zero-order valence-electron chi connectivity index (χ0n) is 7.66. The minimum Gasteiger partial charge on any atom is -0.464 e. The highest BCUT2D eigenvalue weighted by Gasteiger charge is 2.17. The van der Waals surface area contributed by atoms with Crippen LogP contribution in [0.25, 0.3) is 0 Å². The van der Waals surface area contributed by atoms with Crippen molar-refractivity contribution in [1.29, 1.82) is 0 Å². The quantitative estimate of drug-likeness (QED) is 0.898. The summed E-state index contributed by atoms with van der Waals surface area (Å²) < 4.78 is 11.2. The fourth-order valence-corrected chi connectivity index (χ4v) is 1.79. The molecule has 0 aromatic carbocycles. The van der Waals surface area contributed by atoms with Gasteiger partial charge in [-0.3, -0.25) is 0 Å². The third kappa shape index (κ3) is 1.63. The van der Waals surface area contributed by atoms with Crippen LogP contribution in [0, 0.1) is 6.92 Å². The maximum atomic E-state index is 5.99. The summed E-state index contributed by atoms with van der Waals surface area (Å²) in [7, 11) is 0. The van der Waals surface area contributed by atoms with Gasteiger partial charge in [-0.1, -0.05) is 0 Å². The average molecular weight is 256 g/mol. The first-order chi connectivity index (χ1) is 6.68. The zero-order chi connectivity index (χ0) is 10.1. The third-order valence-corrected chi connectivity index (χ3v) is 2.69. The highest BCUT2D eigenvalue weighted by atomic mass is 79.9. The molecule has 0 bridgehead atoms. The predicted octanol–water partition coefficient (Wildman–Crippen LogP) is 2.99. The third-order valence-electron chi connectivity index (χ3n) is 2.05. The van der Waals surface area contributed by atoms with Crippen molar-refractivity contribution in [2.75, 3.05) is 0 Å². The van der Waals surface area contributed by atoms with Crippen LogP contribution < -0.4 is 5.73 Å². The van der Waals surface area contributed by atoms with Crippen molar-refractivity contribution in [2.45, 2.75) is 13.0 Å². The molecule has 0 saturated heterocycles. The molecule has 0 radical (unpaired) electrons. The molecule has 4 heteroatoms. The van der Waals surface area contributed by atoms with Gasteiger partial charge in [-0.15, -0.1) is 0 Å². The second-order valence-electron chi connectivity index (χ2n) is 3.08. The second-order valence-corrected chi connectivity index (χ2v) is 3.80. The van der Waals surface area contributed by atoms with Gasteiger partial charge in [0.05, 0.1) is 12.3 Å². The van der Waals surface area contributed by atoms with Crippen molar-refractivity contribution in [3.63, 3.8) is 0 Å². The maximum Gasteiger partial charge on any atom is 0.174 e. The number of hydrogen-bond acceptors (Lipinski definition) is 3. The Hall–Kier alpha value is -1.00. The van der Waals surface area contributed by atoms with Crippen molar-refractivity contribution in [2.24, 2.45) is 5.73 Å². The molecule has 2 heterocycles. The van der Waals surface area contributed by atoms with Crippen LogP contribution in [0.15, 0.2) is 38.0 Å². The molecule has 0 amide bonds. The Labute approximate surface area is 90.0 Å². The molecule has 0 saturated carbocycles. The summed E-state index contributed by atoms with van der Waals surface area (Å²) in [6, 6.07) is 5.31. The van der Waals surface area contributed by atoms with Crippen molar-refractivity contribution >= 4 is 15.9 Å². The zero-order valence-corrected chi connectivity index (χ0v) is 9.24. The number of aryl methyl sites for hydroxylation is 1. The maximum absolute atomic E-state index is 5.99. The Morgan fingerprint density at radius 1 is 1.36 bits per heavy atom. The molecule has 1 unspecified atom stereocenters. The minimum absolute atomic E-state index is 0.281. The lowest BCUT2D eigenvalue weighted by Gasteiger charge is -2.05. The van der Waals surface area contributed by atoms with Gasteiger partial charge >= 0.3 is 0 Å². The summed E-state index contributed by atoms with van der Waals surface area (Å²) in [5, 5.41) is 0. The van der Waals surface area contributed by atoms with Crippen molar-refractivity contribution in [3.05, 3.63) is 46.2 Å². The molecule has 0 spiro atoms. The Morgan fingerprint density at radius 2 is 2.14 bits per heavy atom.